The van der Waals surface area contributed by atoms with Gasteiger partial charge in [-0.15, -0.1) is 0 Å². The van der Waals surface area contributed by atoms with Gasteiger partial charge in [-0.05, 0) is 36.8 Å². The number of anilines is 2. The Morgan fingerprint density at radius 1 is 0.963 bits per heavy atom. The summed E-state index contributed by atoms with van der Waals surface area (Å²) < 4.78 is 25.5. The lowest BCUT2D eigenvalue weighted by atomic mass is 10.1. The number of amides is 2. The van der Waals surface area contributed by atoms with Gasteiger partial charge < -0.3 is 10.6 Å². The van der Waals surface area contributed by atoms with Gasteiger partial charge in [0, 0.05) is 24.3 Å². The molecule has 0 fully saturated rings. The van der Waals surface area contributed by atoms with Gasteiger partial charge in [0.1, 0.15) is 0 Å². The summed E-state index contributed by atoms with van der Waals surface area (Å²) in [5.74, 6) is -0.638. The molecule has 2 aromatic carbocycles. The Kier molecular flexibility index (Phi) is 6.70. The predicted octanol–water partition coefficient (Wildman–Crippen LogP) is 2.61. The number of sulfonamides is 1. The van der Waals surface area contributed by atoms with E-state index in [4.69, 9.17) is 0 Å². The van der Waals surface area contributed by atoms with Crippen LogP contribution in [-0.2, 0) is 19.6 Å². The first-order chi connectivity index (χ1) is 12.7. The monoisotopic (exact) mass is 389 g/mol. The van der Waals surface area contributed by atoms with Crippen molar-refractivity contribution in [2.24, 2.45) is 0 Å². The lowest BCUT2D eigenvalue weighted by Gasteiger charge is -2.26. The number of rotatable bonds is 7. The van der Waals surface area contributed by atoms with E-state index in [1.165, 1.54) is 6.92 Å². The van der Waals surface area contributed by atoms with Gasteiger partial charge in [-0.25, -0.2) is 8.42 Å². The summed E-state index contributed by atoms with van der Waals surface area (Å²) in [6.07, 6.45) is 1.09. The molecule has 0 radical (unpaired) electrons. The Hall–Kier alpha value is -2.71. The molecule has 0 aromatic heterocycles. The van der Waals surface area contributed by atoms with E-state index in [-0.39, 0.29) is 12.5 Å². The second kappa shape index (κ2) is 8.79. The van der Waals surface area contributed by atoms with Gasteiger partial charge in [-0.3, -0.25) is 9.59 Å². The van der Waals surface area contributed by atoms with Crippen molar-refractivity contribution in [2.45, 2.75) is 19.9 Å². The average Bonchev–Trinajstić information content (AvgIpc) is 2.60. The fourth-order valence-electron chi connectivity index (χ4n) is 2.62. The van der Waals surface area contributed by atoms with Crippen LogP contribution in [0.3, 0.4) is 0 Å². The van der Waals surface area contributed by atoms with Crippen molar-refractivity contribution in [3.05, 3.63) is 60.2 Å². The number of hydrogen-bond donors (Lipinski definition) is 2. The molecule has 0 bridgehead atoms. The summed E-state index contributed by atoms with van der Waals surface area (Å²) in [6.45, 7) is 2.84. The normalized spacial score (nSPS) is 12.4. The van der Waals surface area contributed by atoms with Crippen LogP contribution in [0, 0.1) is 0 Å². The van der Waals surface area contributed by atoms with Crippen molar-refractivity contribution >= 4 is 33.2 Å². The van der Waals surface area contributed by atoms with Crippen LogP contribution in [-0.4, -0.2) is 37.3 Å². The van der Waals surface area contributed by atoms with Crippen molar-refractivity contribution in [1.29, 1.82) is 0 Å². The van der Waals surface area contributed by atoms with E-state index in [1.54, 1.807) is 31.2 Å². The van der Waals surface area contributed by atoms with E-state index >= 15 is 0 Å². The van der Waals surface area contributed by atoms with Gasteiger partial charge in [0.25, 0.3) is 0 Å². The average molecular weight is 389 g/mol. The van der Waals surface area contributed by atoms with Crippen molar-refractivity contribution in [3.63, 3.8) is 0 Å². The molecule has 0 aliphatic carbocycles. The van der Waals surface area contributed by atoms with Gasteiger partial charge >= 0.3 is 0 Å². The zero-order chi connectivity index (χ0) is 20.0. The molecule has 0 saturated carbocycles. The van der Waals surface area contributed by atoms with Crippen LogP contribution >= 0.6 is 0 Å². The Labute approximate surface area is 159 Å². The molecule has 2 rings (SSSR count). The van der Waals surface area contributed by atoms with Crippen LogP contribution in [0.4, 0.5) is 11.4 Å². The highest BCUT2D eigenvalue weighted by Gasteiger charge is 2.26. The Morgan fingerprint density at radius 3 is 1.96 bits per heavy atom. The molecule has 0 heterocycles. The number of carbonyl (C=O) groups excluding carboxylic acids is 2. The molecule has 2 N–H and O–H groups in total. The third-order valence-corrected chi connectivity index (χ3v) is 5.23. The number of nitrogens with zero attached hydrogens (tertiary/aromatic N) is 1. The molecular formula is C19H23N3O4S. The Morgan fingerprint density at radius 2 is 1.48 bits per heavy atom. The fraction of sp³-hybridized carbons (Fsp3) is 0.263. The smallest absolute Gasteiger partial charge is 0.239 e. The van der Waals surface area contributed by atoms with Crippen molar-refractivity contribution < 1.29 is 18.0 Å². The summed E-state index contributed by atoms with van der Waals surface area (Å²) in [7, 11) is -3.59. The van der Waals surface area contributed by atoms with Crippen molar-refractivity contribution in [2.75, 3.05) is 23.4 Å². The van der Waals surface area contributed by atoms with E-state index < -0.39 is 22.0 Å². The standard InChI is InChI=1S/C19H23N3O4S/c1-14(16-7-5-4-6-8-16)22(27(3,25)26)13-19(24)21-18-11-9-17(10-12-18)20-15(2)23/h4-12,14H,13H2,1-3H3,(H,20,23)(H,21,24). The molecule has 8 heteroatoms. The van der Waals surface area contributed by atoms with Crippen LogP contribution in [0.2, 0.25) is 0 Å². The highest BCUT2D eigenvalue weighted by Crippen LogP contribution is 2.22. The number of benzene rings is 2. The first-order valence-corrected chi connectivity index (χ1v) is 10.2. The van der Waals surface area contributed by atoms with E-state index in [9.17, 15) is 18.0 Å². The minimum atomic E-state index is -3.59. The molecule has 0 spiro atoms. The molecule has 1 atom stereocenters. The lowest BCUT2D eigenvalue weighted by Crippen LogP contribution is -2.39. The van der Waals surface area contributed by atoms with Crippen molar-refractivity contribution in [3.8, 4) is 0 Å². The molecule has 27 heavy (non-hydrogen) atoms. The van der Waals surface area contributed by atoms with Crippen LogP contribution in [0.1, 0.15) is 25.5 Å². The largest absolute Gasteiger partial charge is 0.326 e. The molecule has 2 amide bonds. The molecule has 0 saturated heterocycles. The Bertz CT molecular complexity index is 896. The number of carbonyl (C=O) groups is 2. The molecule has 2 aromatic rings. The maximum atomic E-state index is 12.4. The van der Waals surface area contributed by atoms with Crippen LogP contribution in [0.5, 0.6) is 0 Å². The molecule has 144 valence electrons. The van der Waals surface area contributed by atoms with Crippen LogP contribution in [0.15, 0.2) is 54.6 Å². The molecule has 0 aliphatic rings. The third kappa shape index (κ3) is 6.19. The highest BCUT2D eigenvalue weighted by molar-refractivity contribution is 7.88. The summed E-state index contributed by atoms with van der Waals surface area (Å²) in [5.41, 5.74) is 1.92. The second-order valence-electron chi connectivity index (χ2n) is 6.20. The van der Waals surface area contributed by atoms with E-state index in [2.05, 4.69) is 10.6 Å². The Balaban J connectivity index is 2.09. The van der Waals surface area contributed by atoms with E-state index in [0.29, 0.717) is 11.4 Å². The summed E-state index contributed by atoms with van der Waals surface area (Å²) >= 11 is 0. The van der Waals surface area contributed by atoms with Crippen LogP contribution < -0.4 is 10.6 Å². The van der Waals surface area contributed by atoms with Gasteiger partial charge in [-0.1, -0.05) is 30.3 Å². The minimum Gasteiger partial charge on any atom is -0.326 e. The van der Waals surface area contributed by atoms with Gasteiger partial charge in [0.2, 0.25) is 21.8 Å². The fourth-order valence-corrected chi connectivity index (χ4v) is 3.67. The molecule has 1 unspecified atom stereocenters. The number of nitrogens with one attached hydrogen (secondary N) is 2. The topological polar surface area (TPSA) is 95.6 Å². The molecule has 7 nitrogen and oxygen atoms in total. The lowest BCUT2D eigenvalue weighted by molar-refractivity contribution is -0.117. The SMILES string of the molecule is CC(=O)Nc1ccc(NC(=O)CN(C(C)c2ccccc2)S(C)(=O)=O)cc1. The van der Waals surface area contributed by atoms with Gasteiger partial charge in [0.15, 0.2) is 0 Å². The zero-order valence-corrected chi connectivity index (χ0v) is 16.3. The molecular weight excluding hydrogens is 366 g/mol. The summed E-state index contributed by atoms with van der Waals surface area (Å²) in [6, 6.07) is 15.2. The van der Waals surface area contributed by atoms with Gasteiger partial charge in [0.05, 0.1) is 12.8 Å². The van der Waals surface area contributed by atoms with Crippen molar-refractivity contribution in [1.82, 2.24) is 4.31 Å². The quantitative estimate of drug-likeness (QED) is 0.761. The summed E-state index contributed by atoms with van der Waals surface area (Å²) in [4.78, 5) is 23.4. The maximum absolute atomic E-state index is 12.4. The second-order valence-corrected chi connectivity index (χ2v) is 8.14. The summed E-state index contributed by atoms with van der Waals surface area (Å²) in [5, 5.41) is 5.30. The highest BCUT2D eigenvalue weighted by atomic mass is 32.2. The maximum Gasteiger partial charge on any atom is 0.239 e. The predicted molar refractivity (Wildman–Crippen MR) is 106 cm³/mol. The zero-order valence-electron chi connectivity index (χ0n) is 15.5. The third-order valence-electron chi connectivity index (χ3n) is 3.93. The first kappa shape index (κ1) is 20.6. The molecule has 0 aliphatic heterocycles. The van der Waals surface area contributed by atoms with E-state index in [0.717, 1.165) is 16.1 Å². The number of hydrogen-bond acceptors (Lipinski definition) is 4. The van der Waals surface area contributed by atoms with Gasteiger partial charge in [-0.2, -0.15) is 4.31 Å². The first-order valence-electron chi connectivity index (χ1n) is 8.36. The minimum absolute atomic E-state index is 0.189. The van der Waals surface area contributed by atoms with Crippen LogP contribution in [0.25, 0.3) is 0 Å². The van der Waals surface area contributed by atoms with E-state index in [1.807, 2.05) is 30.3 Å².